The predicted molar refractivity (Wildman–Crippen MR) is 76.1 cm³/mol. The Morgan fingerprint density at radius 2 is 2.16 bits per heavy atom. The summed E-state index contributed by atoms with van der Waals surface area (Å²) in [5.74, 6) is 0.697. The highest BCUT2D eigenvalue weighted by Crippen LogP contribution is 2.27. The van der Waals surface area contributed by atoms with Gasteiger partial charge in [-0.1, -0.05) is 23.7 Å². The Morgan fingerprint density at radius 3 is 2.74 bits per heavy atom. The molecule has 19 heavy (non-hydrogen) atoms. The van der Waals surface area contributed by atoms with Gasteiger partial charge in [0, 0.05) is 37.9 Å². The van der Waals surface area contributed by atoms with Crippen LogP contribution >= 0.6 is 11.6 Å². The van der Waals surface area contributed by atoms with Crippen molar-refractivity contribution in [2.75, 3.05) is 37.6 Å². The molecular formula is C12H18ClN5O. The van der Waals surface area contributed by atoms with E-state index in [2.05, 4.69) is 26.9 Å². The van der Waals surface area contributed by atoms with Crippen molar-refractivity contribution in [2.24, 2.45) is 10.9 Å². The highest BCUT2D eigenvalue weighted by molar-refractivity contribution is 6.36. The molecule has 0 atom stereocenters. The van der Waals surface area contributed by atoms with Gasteiger partial charge in [0.25, 0.3) is 0 Å². The van der Waals surface area contributed by atoms with E-state index in [4.69, 9.17) is 22.5 Å². The summed E-state index contributed by atoms with van der Waals surface area (Å²) in [6, 6.07) is 1.64. The molecule has 1 aromatic heterocycles. The van der Waals surface area contributed by atoms with E-state index in [0.717, 1.165) is 32.7 Å². The van der Waals surface area contributed by atoms with Crippen molar-refractivity contribution in [2.45, 2.75) is 6.92 Å². The van der Waals surface area contributed by atoms with Gasteiger partial charge in [0.1, 0.15) is 5.82 Å². The standard InChI is InChI=1S/C12H18ClN5O/c1-2-17-5-7-18(8-6-17)12-10(13)9(3-4-15-12)11(14)16-19/h3-4,19H,2,5-8H2,1H3,(H2,14,16). The first-order chi connectivity index (χ1) is 9.17. The van der Waals surface area contributed by atoms with Gasteiger partial charge in [-0.2, -0.15) is 0 Å². The molecule has 0 aromatic carbocycles. The van der Waals surface area contributed by atoms with Gasteiger partial charge >= 0.3 is 0 Å². The summed E-state index contributed by atoms with van der Waals surface area (Å²) in [5, 5.41) is 12.2. The molecule has 104 valence electrons. The van der Waals surface area contributed by atoms with Gasteiger partial charge in [0.2, 0.25) is 0 Å². The summed E-state index contributed by atoms with van der Waals surface area (Å²) in [6.45, 7) is 6.93. The van der Waals surface area contributed by atoms with Crippen molar-refractivity contribution in [1.29, 1.82) is 0 Å². The number of halogens is 1. The van der Waals surface area contributed by atoms with E-state index < -0.39 is 0 Å². The average Bonchev–Trinajstić information content (AvgIpc) is 2.47. The zero-order chi connectivity index (χ0) is 13.8. The Bertz CT molecular complexity index is 471. The van der Waals surface area contributed by atoms with E-state index in [0.29, 0.717) is 16.4 Å². The van der Waals surface area contributed by atoms with Crippen LogP contribution in [-0.2, 0) is 0 Å². The number of piperazine rings is 1. The second-order valence-corrected chi connectivity index (χ2v) is 4.78. The van der Waals surface area contributed by atoms with Gasteiger partial charge in [-0.15, -0.1) is 0 Å². The molecule has 0 saturated carbocycles. The fraction of sp³-hybridized carbons (Fsp3) is 0.500. The molecule has 1 saturated heterocycles. The zero-order valence-electron chi connectivity index (χ0n) is 10.9. The lowest BCUT2D eigenvalue weighted by Crippen LogP contribution is -2.46. The first-order valence-corrected chi connectivity index (χ1v) is 6.64. The van der Waals surface area contributed by atoms with Gasteiger partial charge in [-0.05, 0) is 12.6 Å². The van der Waals surface area contributed by atoms with Crippen molar-refractivity contribution < 1.29 is 5.21 Å². The molecule has 1 aliphatic rings. The molecule has 2 rings (SSSR count). The van der Waals surface area contributed by atoms with Gasteiger partial charge in [0.05, 0.1) is 5.02 Å². The van der Waals surface area contributed by atoms with Gasteiger partial charge in [-0.3, -0.25) is 0 Å². The molecule has 0 unspecified atom stereocenters. The number of rotatable bonds is 3. The van der Waals surface area contributed by atoms with E-state index in [1.165, 1.54) is 0 Å². The smallest absolute Gasteiger partial charge is 0.171 e. The number of amidine groups is 1. The molecule has 6 nitrogen and oxygen atoms in total. The maximum Gasteiger partial charge on any atom is 0.171 e. The molecule has 1 aromatic rings. The van der Waals surface area contributed by atoms with Crippen LogP contribution in [0.3, 0.4) is 0 Å². The average molecular weight is 284 g/mol. The molecule has 2 heterocycles. The number of aromatic nitrogens is 1. The van der Waals surface area contributed by atoms with E-state index in [1.807, 2.05) is 0 Å². The number of hydrogen-bond donors (Lipinski definition) is 2. The number of pyridine rings is 1. The summed E-state index contributed by atoms with van der Waals surface area (Å²) in [7, 11) is 0. The predicted octanol–water partition coefficient (Wildman–Crippen LogP) is 0.971. The van der Waals surface area contributed by atoms with Crippen molar-refractivity contribution in [3.63, 3.8) is 0 Å². The van der Waals surface area contributed by atoms with Crippen molar-refractivity contribution >= 4 is 23.3 Å². The Hall–Kier alpha value is -1.53. The summed E-state index contributed by atoms with van der Waals surface area (Å²) >= 11 is 6.30. The lowest BCUT2D eigenvalue weighted by atomic mass is 10.2. The summed E-state index contributed by atoms with van der Waals surface area (Å²) in [6.07, 6.45) is 1.63. The van der Waals surface area contributed by atoms with Crippen LogP contribution in [0, 0.1) is 0 Å². The quantitative estimate of drug-likeness (QED) is 0.374. The molecule has 0 bridgehead atoms. The van der Waals surface area contributed by atoms with Crippen LogP contribution < -0.4 is 10.6 Å². The van der Waals surface area contributed by atoms with Crippen molar-refractivity contribution in [1.82, 2.24) is 9.88 Å². The van der Waals surface area contributed by atoms with E-state index in [1.54, 1.807) is 12.3 Å². The molecule has 3 N–H and O–H groups in total. The molecule has 0 amide bonds. The highest BCUT2D eigenvalue weighted by Gasteiger charge is 2.21. The zero-order valence-corrected chi connectivity index (χ0v) is 11.6. The Balaban J connectivity index is 2.22. The highest BCUT2D eigenvalue weighted by atomic mass is 35.5. The second-order valence-electron chi connectivity index (χ2n) is 4.40. The minimum atomic E-state index is 0.000782. The number of anilines is 1. The lowest BCUT2D eigenvalue weighted by molar-refractivity contribution is 0.270. The fourth-order valence-corrected chi connectivity index (χ4v) is 2.51. The molecule has 1 aliphatic heterocycles. The van der Waals surface area contributed by atoms with Crippen LogP contribution in [0.2, 0.25) is 5.02 Å². The maximum absolute atomic E-state index is 8.74. The number of hydrogen-bond acceptors (Lipinski definition) is 5. The number of oxime groups is 1. The monoisotopic (exact) mass is 283 g/mol. The minimum absolute atomic E-state index is 0.000782. The first-order valence-electron chi connectivity index (χ1n) is 6.27. The third-order valence-electron chi connectivity index (χ3n) is 3.37. The molecule has 0 spiro atoms. The lowest BCUT2D eigenvalue weighted by Gasteiger charge is -2.35. The van der Waals surface area contributed by atoms with Crippen LogP contribution in [-0.4, -0.2) is 53.7 Å². The number of likely N-dealkylation sites (N-methyl/N-ethyl adjacent to an activating group) is 1. The molecule has 0 radical (unpaired) electrons. The van der Waals surface area contributed by atoms with Crippen LogP contribution in [0.5, 0.6) is 0 Å². The number of nitrogens with two attached hydrogens (primary N) is 1. The van der Waals surface area contributed by atoms with E-state index >= 15 is 0 Å². The van der Waals surface area contributed by atoms with E-state index in [9.17, 15) is 0 Å². The summed E-state index contributed by atoms with van der Waals surface area (Å²) in [4.78, 5) is 8.81. The summed E-state index contributed by atoms with van der Waals surface area (Å²) in [5.41, 5.74) is 6.10. The first kappa shape index (κ1) is 13.9. The molecule has 1 fully saturated rings. The second kappa shape index (κ2) is 6.08. The normalized spacial score (nSPS) is 17.8. The van der Waals surface area contributed by atoms with Gasteiger partial charge in [0.15, 0.2) is 5.84 Å². The van der Waals surface area contributed by atoms with Gasteiger partial charge in [-0.25, -0.2) is 4.98 Å². The van der Waals surface area contributed by atoms with E-state index in [-0.39, 0.29) is 5.84 Å². The minimum Gasteiger partial charge on any atom is -0.409 e. The Morgan fingerprint density at radius 1 is 1.47 bits per heavy atom. The SMILES string of the molecule is CCN1CCN(c2nccc(/C(N)=N/O)c2Cl)CC1. The third kappa shape index (κ3) is 2.90. The fourth-order valence-electron chi connectivity index (χ4n) is 2.18. The molecule has 0 aliphatic carbocycles. The molecular weight excluding hydrogens is 266 g/mol. The Labute approximate surface area is 117 Å². The summed E-state index contributed by atoms with van der Waals surface area (Å²) < 4.78 is 0. The topological polar surface area (TPSA) is 78.0 Å². The third-order valence-corrected chi connectivity index (χ3v) is 3.75. The maximum atomic E-state index is 8.74. The van der Waals surface area contributed by atoms with Crippen LogP contribution in [0.15, 0.2) is 17.4 Å². The van der Waals surface area contributed by atoms with Crippen molar-refractivity contribution in [3.05, 3.63) is 22.8 Å². The van der Waals surface area contributed by atoms with Crippen LogP contribution in [0.1, 0.15) is 12.5 Å². The van der Waals surface area contributed by atoms with Crippen molar-refractivity contribution in [3.8, 4) is 0 Å². The van der Waals surface area contributed by atoms with Crippen LogP contribution in [0.4, 0.5) is 5.82 Å². The Kier molecular flexibility index (Phi) is 4.44. The van der Waals surface area contributed by atoms with Crippen LogP contribution in [0.25, 0.3) is 0 Å². The number of nitrogens with zero attached hydrogens (tertiary/aromatic N) is 4. The molecule has 7 heteroatoms. The van der Waals surface area contributed by atoms with Gasteiger partial charge < -0.3 is 20.7 Å². The largest absolute Gasteiger partial charge is 0.409 e.